The van der Waals surface area contributed by atoms with E-state index in [0.29, 0.717) is 18.7 Å². The SMILES string of the molecule is CCOC(=O)C(=O)N1CCN(C(=O)c2ccc(C)c(F)c2)CC1. The molecule has 0 saturated carbocycles. The van der Waals surface area contributed by atoms with Crippen molar-refractivity contribution in [1.29, 1.82) is 0 Å². The van der Waals surface area contributed by atoms with E-state index in [9.17, 15) is 18.8 Å². The van der Waals surface area contributed by atoms with E-state index in [1.165, 1.54) is 11.0 Å². The van der Waals surface area contributed by atoms with Crippen LogP contribution in [0.2, 0.25) is 0 Å². The van der Waals surface area contributed by atoms with Crippen LogP contribution in [0.4, 0.5) is 4.39 Å². The molecule has 1 aromatic rings. The molecule has 2 rings (SSSR count). The zero-order valence-corrected chi connectivity index (χ0v) is 13.2. The number of aryl methyl sites for hydroxylation is 1. The summed E-state index contributed by atoms with van der Waals surface area (Å²) in [6, 6.07) is 4.35. The van der Waals surface area contributed by atoms with Crippen LogP contribution in [0.15, 0.2) is 18.2 Å². The van der Waals surface area contributed by atoms with Gasteiger partial charge in [0.1, 0.15) is 5.82 Å². The number of rotatable bonds is 2. The summed E-state index contributed by atoms with van der Waals surface area (Å²) >= 11 is 0. The molecule has 0 radical (unpaired) electrons. The number of nitrogens with zero attached hydrogens (tertiary/aromatic N) is 2. The van der Waals surface area contributed by atoms with E-state index in [4.69, 9.17) is 0 Å². The van der Waals surface area contributed by atoms with Gasteiger partial charge in [-0.3, -0.25) is 9.59 Å². The molecule has 0 N–H and O–H groups in total. The predicted octanol–water partition coefficient (Wildman–Crippen LogP) is 0.982. The Balaban J connectivity index is 1.96. The molecule has 1 heterocycles. The summed E-state index contributed by atoms with van der Waals surface area (Å²) in [7, 11) is 0. The average Bonchev–Trinajstić information content (AvgIpc) is 2.56. The maximum Gasteiger partial charge on any atom is 0.397 e. The first kappa shape index (κ1) is 16.9. The molecular weight excluding hydrogens is 303 g/mol. The second-order valence-corrected chi connectivity index (χ2v) is 5.27. The van der Waals surface area contributed by atoms with E-state index in [-0.39, 0.29) is 31.2 Å². The number of esters is 1. The van der Waals surface area contributed by atoms with Gasteiger partial charge in [-0.1, -0.05) is 6.07 Å². The van der Waals surface area contributed by atoms with Gasteiger partial charge in [-0.15, -0.1) is 0 Å². The molecule has 1 aliphatic heterocycles. The summed E-state index contributed by atoms with van der Waals surface area (Å²) < 4.78 is 18.2. The number of hydrogen-bond donors (Lipinski definition) is 0. The third-order valence-electron chi connectivity index (χ3n) is 3.72. The van der Waals surface area contributed by atoms with E-state index in [1.807, 2.05) is 0 Å². The van der Waals surface area contributed by atoms with Gasteiger partial charge in [-0.05, 0) is 31.5 Å². The monoisotopic (exact) mass is 322 g/mol. The number of piperazine rings is 1. The average molecular weight is 322 g/mol. The van der Waals surface area contributed by atoms with Crippen LogP contribution in [-0.2, 0) is 14.3 Å². The highest BCUT2D eigenvalue weighted by atomic mass is 19.1. The van der Waals surface area contributed by atoms with Gasteiger partial charge >= 0.3 is 11.9 Å². The van der Waals surface area contributed by atoms with Crippen molar-refractivity contribution in [3.8, 4) is 0 Å². The molecule has 1 aliphatic rings. The molecule has 1 aromatic carbocycles. The number of benzene rings is 1. The van der Waals surface area contributed by atoms with E-state index < -0.39 is 17.7 Å². The molecule has 0 aromatic heterocycles. The fraction of sp³-hybridized carbons (Fsp3) is 0.438. The van der Waals surface area contributed by atoms with Crippen molar-refractivity contribution in [2.24, 2.45) is 0 Å². The van der Waals surface area contributed by atoms with E-state index in [0.717, 1.165) is 0 Å². The molecule has 6 nitrogen and oxygen atoms in total. The van der Waals surface area contributed by atoms with Crippen molar-refractivity contribution in [1.82, 2.24) is 9.80 Å². The fourth-order valence-corrected chi connectivity index (χ4v) is 2.34. The summed E-state index contributed by atoms with van der Waals surface area (Å²) in [5, 5.41) is 0. The Bertz CT molecular complexity index is 625. The molecule has 0 unspecified atom stereocenters. The smallest absolute Gasteiger partial charge is 0.397 e. The molecule has 0 aliphatic carbocycles. The molecule has 23 heavy (non-hydrogen) atoms. The molecule has 0 bridgehead atoms. The largest absolute Gasteiger partial charge is 0.459 e. The highest BCUT2D eigenvalue weighted by molar-refractivity contribution is 6.32. The standard InChI is InChI=1S/C16H19FN2O4/c1-3-23-16(22)15(21)19-8-6-18(7-9-19)14(20)12-5-4-11(2)13(17)10-12/h4-5,10H,3,6-9H2,1-2H3. The number of hydrogen-bond acceptors (Lipinski definition) is 4. The number of amides is 2. The molecule has 1 saturated heterocycles. The minimum absolute atomic E-state index is 0.141. The summed E-state index contributed by atoms with van der Waals surface area (Å²) in [5.41, 5.74) is 0.754. The number of ether oxygens (including phenoxy) is 1. The Morgan fingerprint density at radius 3 is 2.30 bits per heavy atom. The van der Waals surface area contributed by atoms with Crippen molar-refractivity contribution in [2.45, 2.75) is 13.8 Å². The Morgan fingerprint density at radius 2 is 1.74 bits per heavy atom. The van der Waals surface area contributed by atoms with Crippen molar-refractivity contribution < 1.29 is 23.5 Å². The first-order valence-electron chi connectivity index (χ1n) is 7.45. The summed E-state index contributed by atoms with van der Waals surface area (Å²) in [6.07, 6.45) is 0. The van der Waals surface area contributed by atoms with Crippen LogP contribution in [-0.4, -0.2) is 60.4 Å². The van der Waals surface area contributed by atoms with Crippen LogP contribution in [0.1, 0.15) is 22.8 Å². The minimum atomic E-state index is -0.882. The van der Waals surface area contributed by atoms with Gasteiger partial charge in [0.25, 0.3) is 5.91 Å². The second kappa shape index (κ2) is 7.21. The molecule has 7 heteroatoms. The van der Waals surface area contributed by atoms with Crippen LogP contribution >= 0.6 is 0 Å². The highest BCUT2D eigenvalue weighted by Gasteiger charge is 2.29. The first-order chi connectivity index (χ1) is 10.9. The normalized spacial score (nSPS) is 14.6. The maximum atomic E-state index is 13.6. The summed E-state index contributed by atoms with van der Waals surface area (Å²) in [5.74, 6) is -2.28. The van der Waals surface area contributed by atoms with Crippen molar-refractivity contribution >= 4 is 17.8 Å². The molecule has 124 valence electrons. The topological polar surface area (TPSA) is 66.9 Å². The van der Waals surface area contributed by atoms with Gasteiger partial charge in [0.15, 0.2) is 0 Å². The zero-order chi connectivity index (χ0) is 17.0. The molecule has 2 amide bonds. The third kappa shape index (κ3) is 3.85. The lowest BCUT2D eigenvalue weighted by Gasteiger charge is -2.34. The number of carbonyl (C=O) groups excluding carboxylic acids is 3. The van der Waals surface area contributed by atoms with Crippen LogP contribution in [0.25, 0.3) is 0 Å². The number of halogens is 1. The van der Waals surface area contributed by atoms with Crippen molar-refractivity contribution in [3.63, 3.8) is 0 Å². The lowest BCUT2D eigenvalue weighted by atomic mass is 10.1. The quantitative estimate of drug-likeness (QED) is 0.601. The molecule has 1 fully saturated rings. The van der Waals surface area contributed by atoms with Gasteiger partial charge in [-0.25, -0.2) is 9.18 Å². The van der Waals surface area contributed by atoms with E-state index in [1.54, 1.807) is 30.9 Å². The van der Waals surface area contributed by atoms with Crippen molar-refractivity contribution in [2.75, 3.05) is 32.8 Å². The first-order valence-corrected chi connectivity index (χ1v) is 7.45. The van der Waals surface area contributed by atoms with Gasteiger partial charge in [0, 0.05) is 31.7 Å². The van der Waals surface area contributed by atoms with E-state index in [2.05, 4.69) is 4.74 Å². The van der Waals surface area contributed by atoms with Gasteiger partial charge in [0.2, 0.25) is 0 Å². The maximum absolute atomic E-state index is 13.6. The highest BCUT2D eigenvalue weighted by Crippen LogP contribution is 2.13. The Morgan fingerprint density at radius 1 is 1.13 bits per heavy atom. The van der Waals surface area contributed by atoms with E-state index >= 15 is 0 Å². The Kier molecular flexibility index (Phi) is 5.31. The molecule has 0 spiro atoms. The van der Waals surface area contributed by atoms with Crippen LogP contribution in [0.3, 0.4) is 0 Å². The zero-order valence-electron chi connectivity index (χ0n) is 13.2. The molecule has 0 atom stereocenters. The number of carbonyl (C=O) groups is 3. The van der Waals surface area contributed by atoms with Crippen molar-refractivity contribution in [3.05, 3.63) is 35.1 Å². The Labute approximate surface area is 133 Å². The minimum Gasteiger partial charge on any atom is -0.459 e. The summed E-state index contributed by atoms with van der Waals surface area (Å²) in [4.78, 5) is 38.5. The lowest BCUT2D eigenvalue weighted by molar-refractivity contribution is -0.160. The van der Waals surface area contributed by atoms with Gasteiger partial charge < -0.3 is 14.5 Å². The van der Waals surface area contributed by atoms with Crippen LogP contribution in [0, 0.1) is 12.7 Å². The Hall–Kier alpha value is -2.44. The third-order valence-corrected chi connectivity index (χ3v) is 3.72. The van der Waals surface area contributed by atoms with Crippen LogP contribution in [0.5, 0.6) is 0 Å². The van der Waals surface area contributed by atoms with Crippen LogP contribution < -0.4 is 0 Å². The molecular formula is C16H19FN2O4. The predicted molar refractivity (Wildman–Crippen MR) is 80.3 cm³/mol. The van der Waals surface area contributed by atoms with Gasteiger partial charge in [0.05, 0.1) is 6.61 Å². The second-order valence-electron chi connectivity index (χ2n) is 5.27. The van der Waals surface area contributed by atoms with Gasteiger partial charge in [-0.2, -0.15) is 0 Å². The lowest BCUT2D eigenvalue weighted by Crippen LogP contribution is -2.52. The fourth-order valence-electron chi connectivity index (χ4n) is 2.34. The summed E-state index contributed by atoms with van der Waals surface area (Å²) in [6.45, 7) is 4.47.